The van der Waals surface area contributed by atoms with Crippen LogP contribution in [0.25, 0.3) is 0 Å². The molecule has 5 nitrogen and oxygen atoms in total. The lowest BCUT2D eigenvalue weighted by Crippen LogP contribution is -2.42. The number of sulfonamides is 1. The van der Waals surface area contributed by atoms with Crippen LogP contribution >= 0.6 is 15.9 Å². The number of fused-ring (bicyclic) bond motifs is 1. The number of rotatable bonds is 4. The van der Waals surface area contributed by atoms with Gasteiger partial charge in [-0.1, -0.05) is 15.9 Å². The van der Waals surface area contributed by atoms with Crippen LogP contribution in [0.5, 0.6) is 11.5 Å². The summed E-state index contributed by atoms with van der Waals surface area (Å²) in [6.45, 7) is 0.301. The average Bonchev–Trinajstić information content (AvgIpc) is 2.54. The molecule has 2 aromatic rings. The van der Waals surface area contributed by atoms with Crippen LogP contribution < -0.4 is 14.2 Å². The molecule has 0 radical (unpaired) electrons. The van der Waals surface area contributed by atoms with Crippen molar-refractivity contribution in [1.82, 2.24) is 4.72 Å². The lowest BCUT2D eigenvalue weighted by molar-refractivity contribution is 0.253. The summed E-state index contributed by atoms with van der Waals surface area (Å²) >= 11 is 3.30. The third kappa shape index (κ3) is 3.68. The van der Waals surface area contributed by atoms with Crippen LogP contribution in [0.2, 0.25) is 0 Å². The Bertz CT molecular complexity index is 805. The van der Waals surface area contributed by atoms with Crippen LogP contribution in [0.15, 0.2) is 51.8 Å². The van der Waals surface area contributed by atoms with Crippen molar-refractivity contribution in [1.29, 1.82) is 0 Å². The summed E-state index contributed by atoms with van der Waals surface area (Å²) in [5.74, 6) is 1.49. The number of nitrogens with one attached hydrogen (secondary N) is 1. The van der Waals surface area contributed by atoms with Gasteiger partial charge in [-0.3, -0.25) is 0 Å². The minimum absolute atomic E-state index is 0.233. The minimum Gasteiger partial charge on any atom is -0.497 e. The van der Waals surface area contributed by atoms with Gasteiger partial charge in [0.2, 0.25) is 10.0 Å². The van der Waals surface area contributed by atoms with Gasteiger partial charge in [-0.15, -0.1) is 0 Å². The van der Waals surface area contributed by atoms with Crippen molar-refractivity contribution < 1.29 is 17.9 Å². The predicted octanol–water partition coefficient (Wildman–Crippen LogP) is 2.74. The first kappa shape index (κ1) is 16.3. The number of hydrogen-bond acceptors (Lipinski definition) is 4. The van der Waals surface area contributed by atoms with Gasteiger partial charge in [0.1, 0.15) is 18.1 Å². The van der Waals surface area contributed by atoms with E-state index in [-0.39, 0.29) is 10.9 Å². The number of ether oxygens (including phenoxy) is 2. The maximum absolute atomic E-state index is 12.4. The van der Waals surface area contributed by atoms with Crippen molar-refractivity contribution in [2.75, 3.05) is 13.7 Å². The predicted molar refractivity (Wildman–Crippen MR) is 90.4 cm³/mol. The number of halogens is 1. The molecule has 0 bridgehead atoms. The Morgan fingerprint density at radius 2 is 1.96 bits per heavy atom. The maximum Gasteiger partial charge on any atom is 0.240 e. The first-order chi connectivity index (χ1) is 11.0. The fraction of sp³-hybridized carbons (Fsp3) is 0.250. The highest BCUT2D eigenvalue weighted by Crippen LogP contribution is 2.29. The van der Waals surface area contributed by atoms with Gasteiger partial charge in [0.05, 0.1) is 18.0 Å². The zero-order valence-corrected chi connectivity index (χ0v) is 14.9. The smallest absolute Gasteiger partial charge is 0.240 e. The van der Waals surface area contributed by atoms with Crippen molar-refractivity contribution in [3.8, 4) is 11.5 Å². The average molecular weight is 398 g/mol. The number of methoxy groups -OCH3 is 1. The lowest BCUT2D eigenvalue weighted by atomic mass is 10.0. The number of benzene rings is 2. The molecule has 23 heavy (non-hydrogen) atoms. The van der Waals surface area contributed by atoms with E-state index in [2.05, 4.69) is 20.7 Å². The molecule has 0 saturated carbocycles. The molecule has 0 fully saturated rings. The monoisotopic (exact) mass is 397 g/mol. The zero-order chi connectivity index (χ0) is 16.4. The van der Waals surface area contributed by atoms with E-state index in [1.165, 1.54) is 0 Å². The highest BCUT2D eigenvalue weighted by Gasteiger charge is 2.25. The first-order valence-electron chi connectivity index (χ1n) is 7.05. The van der Waals surface area contributed by atoms with Crippen LogP contribution in [0, 0.1) is 0 Å². The van der Waals surface area contributed by atoms with Gasteiger partial charge in [0, 0.05) is 4.47 Å². The first-order valence-corrected chi connectivity index (χ1v) is 9.33. The van der Waals surface area contributed by atoms with Crippen molar-refractivity contribution in [2.45, 2.75) is 17.4 Å². The molecule has 3 rings (SSSR count). The molecule has 0 aromatic heterocycles. The van der Waals surface area contributed by atoms with Gasteiger partial charge in [-0.25, -0.2) is 13.1 Å². The fourth-order valence-corrected chi connectivity index (χ4v) is 3.96. The Morgan fingerprint density at radius 3 is 2.65 bits per heavy atom. The molecule has 122 valence electrons. The van der Waals surface area contributed by atoms with E-state index in [9.17, 15) is 8.42 Å². The summed E-state index contributed by atoms with van der Waals surface area (Å²) < 4.78 is 39.3. The SMILES string of the molecule is COc1ccc2c(c1)CC(NS(=O)(=O)c1ccc(Br)cc1)CO2. The fourth-order valence-electron chi connectivity index (χ4n) is 2.47. The van der Waals surface area contributed by atoms with E-state index in [0.29, 0.717) is 13.0 Å². The van der Waals surface area contributed by atoms with Crippen LogP contribution in [0.3, 0.4) is 0 Å². The summed E-state index contributed by atoms with van der Waals surface area (Å²) in [5, 5.41) is 0. The van der Waals surface area contributed by atoms with E-state index in [0.717, 1.165) is 21.5 Å². The van der Waals surface area contributed by atoms with Crippen molar-refractivity contribution in [3.63, 3.8) is 0 Å². The normalized spacial score (nSPS) is 17.2. The van der Waals surface area contributed by atoms with Gasteiger partial charge in [0.15, 0.2) is 0 Å². The topological polar surface area (TPSA) is 64.6 Å². The van der Waals surface area contributed by atoms with Crippen molar-refractivity contribution in [2.24, 2.45) is 0 Å². The highest BCUT2D eigenvalue weighted by atomic mass is 79.9. The van der Waals surface area contributed by atoms with Crippen LogP contribution in [0.1, 0.15) is 5.56 Å². The lowest BCUT2D eigenvalue weighted by Gasteiger charge is -2.26. The highest BCUT2D eigenvalue weighted by molar-refractivity contribution is 9.10. The Hall–Kier alpha value is -1.57. The summed E-state index contributed by atoms with van der Waals surface area (Å²) in [5.41, 5.74) is 0.930. The molecule has 0 aliphatic carbocycles. The summed E-state index contributed by atoms with van der Waals surface area (Å²) in [4.78, 5) is 0.233. The molecule has 1 aliphatic heterocycles. The summed E-state index contributed by atoms with van der Waals surface area (Å²) in [6.07, 6.45) is 0.558. The van der Waals surface area contributed by atoms with Crippen LogP contribution in [0.4, 0.5) is 0 Å². The maximum atomic E-state index is 12.4. The Balaban J connectivity index is 1.77. The second-order valence-electron chi connectivity index (χ2n) is 5.26. The Kier molecular flexibility index (Phi) is 4.61. The quantitative estimate of drug-likeness (QED) is 0.861. The molecule has 1 heterocycles. The largest absolute Gasteiger partial charge is 0.497 e. The van der Waals surface area contributed by atoms with Gasteiger partial charge in [-0.05, 0) is 54.4 Å². The Morgan fingerprint density at radius 1 is 1.22 bits per heavy atom. The van der Waals surface area contributed by atoms with Crippen molar-refractivity contribution in [3.05, 3.63) is 52.5 Å². The third-order valence-electron chi connectivity index (χ3n) is 3.62. The molecule has 0 saturated heterocycles. The molecular formula is C16H16BrNO4S. The standard InChI is InChI=1S/C16H16BrNO4S/c1-21-14-4-7-16-11(9-14)8-13(10-22-16)18-23(19,20)15-5-2-12(17)3-6-15/h2-7,9,13,18H,8,10H2,1H3. The summed E-state index contributed by atoms with van der Waals surface area (Å²) in [7, 11) is -1.98. The molecule has 7 heteroatoms. The minimum atomic E-state index is -3.58. The van der Waals surface area contributed by atoms with Crippen LogP contribution in [-0.2, 0) is 16.4 Å². The summed E-state index contributed by atoms with van der Waals surface area (Å²) in [6, 6.07) is 11.7. The second kappa shape index (κ2) is 6.51. The zero-order valence-electron chi connectivity index (χ0n) is 12.5. The van der Waals surface area contributed by atoms with Gasteiger partial charge >= 0.3 is 0 Å². The number of hydrogen-bond donors (Lipinski definition) is 1. The van der Waals surface area contributed by atoms with E-state index < -0.39 is 10.0 Å². The van der Waals surface area contributed by atoms with Gasteiger partial charge in [0.25, 0.3) is 0 Å². The molecule has 0 amide bonds. The van der Waals surface area contributed by atoms with Crippen molar-refractivity contribution >= 4 is 26.0 Å². The second-order valence-corrected chi connectivity index (χ2v) is 7.89. The molecule has 1 aliphatic rings. The third-order valence-corrected chi connectivity index (χ3v) is 5.68. The Labute approximate surface area is 143 Å². The molecular weight excluding hydrogens is 382 g/mol. The van der Waals surface area contributed by atoms with Crippen LogP contribution in [-0.4, -0.2) is 28.2 Å². The van der Waals surface area contributed by atoms with E-state index in [1.807, 2.05) is 18.2 Å². The van der Waals surface area contributed by atoms with E-state index in [1.54, 1.807) is 31.4 Å². The van der Waals surface area contributed by atoms with E-state index >= 15 is 0 Å². The van der Waals surface area contributed by atoms with E-state index in [4.69, 9.17) is 9.47 Å². The molecule has 2 aromatic carbocycles. The molecule has 1 N–H and O–H groups in total. The molecule has 1 unspecified atom stereocenters. The molecule has 0 spiro atoms. The van der Waals surface area contributed by atoms with Gasteiger partial charge < -0.3 is 9.47 Å². The van der Waals surface area contributed by atoms with Gasteiger partial charge in [-0.2, -0.15) is 0 Å². The molecule has 1 atom stereocenters.